The van der Waals surface area contributed by atoms with Crippen molar-refractivity contribution in [2.45, 2.75) is 44.9 Å². The van der Waals surface area contributed by atoms with Crippen molar-refractivity contribution in [3.05, 3.63) is 42.0 Å². The molecule has 0 aliphatic carbocycles. The summed E-state index contributed by atoms with van der Waals surface area (Å²) < 4.78 is 5.72. The molecule has 1 aromatic carbocycles. The lowest BCUT2D eigenvalue weighted by Gasteiger charge is -2.40. The number of nitrogens with one attached hydrogen (secondary N) is 3. The zero-order chi connectivity index (χ0) is 27.5. The normalized spacial score (nSPS) is 22.8. The van der Waals surface area contributed by atoms with Gasteiger partial charge in [0.15, 0.2) is 0 Å². The van der Waals surface area contributed by atoms with Crippen LogP contribution in [0.1, 0.15) is 55.3 Å². The Morgan fingerprint density at radius 3 is 2.36 bits per heavy atom. The molecular weight excluding hydrogens is 498 g/mol. The van der Waals surface area contributed by atoms with Crippen LogP contribution in [0.2, 0.25) is 0 Å². The molecule has 3 aliphatic rings. The molecule has 10 heteroatoms. The van der Waals surface area contributed by atoms with Gasteiger partial charge in [-0.1, -0.05) is 31.1 Å². The lowest BCUT2D eigenvalue weighted by molar-refractivity contribution is -0.136. The molecule has 0 saturated carbocycles. The van der Waals surface area contributed by atoms with Crippen molar-refractivity contribution in [3.63, 3.8) is 0 Å². The molecule has 1 aromatic rings. The van der Waals surface area contributed by atoms with Crippen molar-refractivity contribution in [1.82, 2.24) is 25.8 Å². The first-order chi connectivity index (χ1) is 19.0. The Morgan fingerprint density at radius 1 is 0.872 bits per heavy atom. The van der Waals surface area contributed by atoms with Crippen LogP contribution in [-0.4, -0.2) is 92.4 Å². The van der Waals surface area contributed by atoms with Gasteiger partial charge in [0.2, 0.25) is 17.7 Å². The Bertz CT molecular complexity index is 1040. The number of carbonyl (C=O) groups is 4. The van der Waals surface area contributed by atoms with Crippen molar-refractivity contribution < 1.29 is 23.9 Å². The van der Waals surface area contributed by atoms with Gasteiger partial charge in [0.1, 0.15) is 12.4 Å². The quantitative estimate of drug-likeness (QED) is 0.524. The SMILES string of the molecule is O=C1/C=C/CC2(CCN(CC(=O)N3CCCCCC3)CC2)C(=O)NCCNC(=O)c2ccccc2OCCN1. The maximum absolute atomic E-state index is 13.4. The number of allylic oxidation sites excluding steroid dienone is 1. The molecule has 0 atom stereocenters. The minimum Gasteiger partial charge on any atom is -0.491 e. The minimum atomic E-state index is -0.674. The number of hydrogen-bond acceptors (Lipinski definition) is 6. The van der Waals surface area contributed by atoms with E-state index in [0.29, 0.717) is 50.2 Å². The van der Waals surface area contributed by atoms with Crippen molar-refractivity contribution in [1.29, 1.82) is 0 Å². The number of ether oxygens (including phenoxy) is 1. The van der Waals surface area contributed by atoms with Gasteiger partial charge in [-0.25, -0.2) is 0 Å². The molecule has 0 radical (unpaired) electrons. The fraction of sp³-hybridized carbons (Fsp3) is 0.586. The molecule has 212 valence electrons. The summed E-state index contributed by atoms with van der Waals surface area (Å²) in [4.78, 5) is 55.5. The van der Waals surface area contributed by atoms with E-state index in [2.05, 4.69) is 20.9 Å². The number of fused-ring (bicyclic) bond motifs is 1. The van der Waals surface area contributed by atoms with E-state index in [4.69, 9.17) is 4.74 Å². The summed E-state index contributed by atoms with van der Waals surface area (Å²) in [5.41, 5.74) is -0.273. The van der Waals surface area contributed by atoms with Gasteiger partial charge in [-0.05, 0) is 63.4 Å². The number of carbonyl (C=O) groups excluding carboxylic acids is 4. The van der Waals surface area contributed by atoms with Crippen molar-refractivity contribution >= 4 is 23.6 Å². The summed E-state index contributed by atoms with van der Waals surface area (Å²) in [5.74, 6) is -0.0254. The van der Waals surface area contributed by atoms with Gasteiger partial charge in [0.25, 0.3) is 5.91 Å². The Morgan fingerprint density at radius 2 is 1.59 bits per heavy atom. The van der Waals surface area contributed by atoms with Crippen LogP contribution in [0.5, 0.6) is 5.75 Å². The minimum absolute atomic E-state index is 0.0895. The van der Waals surface area contributed by atoms with Crippen LogP contribution in [-0.2, 0) is 14.4 Å². The van der Waals surface area contributed by atoms with E-state index in [1.807, 2.05) is 4.90 Å². The molecule has 4 amide bonds. The predicted octanol–water partition coefficient (Wildman–Crippen LogP) is 1.47. The zero-order valence-corrected chi connectivity index (χ0v) is 22.7. The molecule has 2 fully saturated rings. The predicted molar refractivity (Wildman–Crippen MR) is 147 cm³/mol. The number of nitrogens with zero attached hydrogens (tertiary/aromatic N) is 2. The third-order valence-electron chi connectivity index (χ3n) is 7.88. The number of hydrogen-bond donors (Lipinski definition) is 3. The molecule has 3 aliphatic heterocycles. The van der Waals surface area contributed by atoms with Gasteiger partial charge in [0, 0.05) is 26.2 Å². The van der Waals surface area contributed by atoms with Gasteiger partial charge in [-0.15, -0.1) is 0 Å². The van der Waals surface area contributed by atoms with Crippen LogP contribution in [0.15, 0.2) is 36.4 Å². The zero-order valence-electron chi connectivity index (χ0n) is 22.7. The molecule has 0 aromatic heterocycles. The van der Waals surface area contributed by atoms with Crippen LogP contribution >= 0.6 is 0 Å². The van der Waals surface area contributed by atoms with Crippen molar-refractivity contribution in [2.24, 2.45) is 5.41 Å². The van der Waals surface area contributed by atoms with E-state index < -0.39 is 5.41 Å². The maximum atomic E-state index is 13.4. The lowest BCUT2D eigenvalue weighted by atomic mass is 9.74. The first-order valence-corrected chi connectivity index (χ1v) is 14.2. The van der Waals surface area contributed by atoms with Gasteiger partial charge in [-0.2, -0.15) is 0 Å². The molecule has 0 unspecified atom stereocenters. The lowest BCUT2D eigenvalue weighted by Crippen LogP contribution is -2.51. The van der Waals surface area contributed by atoms with Crippen LogP contribution in [0.4, 0.5) is 0 Å². The summed E-state index contributed by atoms with van der Waals surface area (Å²) in [7, 11) is 0. The summed E-state index contributed by atoms with van der Waals surface area (Å²) in [5, 5.41) is 8.63. The molecule has 4 rings (SSSR count). The average molecular weight is 540 g/mol. The number of likely N-dealkylation sites (tertiary alicyclic amines) is 2. The largest absolute Gasteiger partial charge is 0.491 e. The third-order valence-corrected chi connectivity index (χ3v) is 7.88. The second-order valence-electron chi connectivity index (χ2n) is 10.6. The highest BCUT2D eigenvalue weighted by atomic mass is 16.5. The van der Waals surface area contributed by atoms with E-state index >= 15 is 0 Å². The van der Waals surface area contributed by atoms with E-state index in [-0.39, 0.29) is 49.9 Å². The molecule has 0 bridgehead atoms. The average Bonchev–Trinajstić information content (AvgIpc) is 3.24. The summed E-state index contributed by atoms with van der Waals surface area (Å²) in [6.07, 6.45) is 9.34. The summed E-state index contributed by atoms with van der Waals surface area (Å²) in [6.45, 7) is 4.39. The van der Waals surface area contributed by atoms with E-state index in [1.54, 1.807) is 30.3 Å². The van der Waals surface area contributed by atoms with Gasteiger partial charge >= 0.3 is 0 Å². The second-order valence-corrected chi connectivity index (χ2v) is 10.6. The molecule has 3 heterocycles. The van der Waals surface area contributed by atoms with Crippen LogP contribution in [0.3, 0.4) is 0 Å². The van der Waals surface area contributed by atoms with E-state index in [0.717, 1.165) is 25.9 Å². The first-order valence-electron chi connectivity index (χ1n) is 14.2. The molecule has 1 spiro atoms. The monoisotopic (exact) mass is 539 g/mol. The van der Waals surface area contributed by atoms with Crippen molar-refractivity contribution in [2.75, 3.05) is 59.0 Å². The fourth-order valence-corrected chi connectivity index (χ4v) is 5.48. The van der Waals surface area contributed by atoms with Crippen LogP contribution in [0, 0.1) is 5.41 Å². The smallest absolute Gasteiger partial charge is 0.255 e. The Hall–Kier alpha value is -3.40. The number of benzene rings is 1. The maximum Gasteiger partial charge on any atom is 0.255 e. The van der Waals surface area contributed by atoms with Crippen LogP contribution in [0.25, 0.3) is 0 Å². The summed E-state index contributed by atoms with van der Waals surface area (Å²) >= 11 is 0. The standard InChI is InChI=1S/C29H41N5O5/c35-25-10-7-11-29(12-19-33(20-13-29)22-26(36)34-17-5-1-2-6-18-34)28(38)32-15-14-31-27(37)23-8-3-4-9-24(23)39-21-16-30-25/h3-4,7-10H,1-2,5-6,11-22H2,(H,30,35)(H,31,37)(H,32,38)/b10-7+. The number of rotatable bonds is 2. The third kappa shape index (κ3) is 8.05. The highest BCUT2D eigenvalue weighted by molar-refractivity contribution is 5.97. The van der Waals surface area contributed by atoms with Crippen molar-refractivity contribution in [3.8, 4) is 5.75 Å². The van der Waals surface area contributed by atoms with Gasteiger partial charge in [0.05, 0.1) is 24.1 Å². The number of piperidine rings is 1. The number of para-hydroxylation sites is 1. The van der Waals surface area contributed by atoms with Gasteiger partial charge < -0.3 is 25.6 Å². The summed E-state index contributed by atoms with van der Waals surface area (Å²) in [6, 6.07) is 6.94. The van der Waals surface area contributed by atoms with Gasteiger partial charge in [-0.3, -0.25) is 24.1 Å². The molecule has 10 nitrogen and oxygen atoms in total. The highest BCUT2D eigenvalue weighted by Gasteiger charge is 2.40. The molecule has 3 N–H and O–H groups in total. The van der Waals surface area contributed by atoms with E-state index in [9.17, 15) is 19.2 Å². The first kappa shape index (κ1) is 28.6. The topological polar surface area (TPSA) is 120 Å². The molecular formula is C29H41N5O5. The fourth-order valence-electron chi connectivity index (χ4n) is 5.48. The molecule has 39 heavy (non-hydrogen) atoms. The Kier molecular flexibility index (Phi) is 10.4. The van der Waals surface area contributed by atoms with Crippen LogP contribution < -0.4 is 20.7 Å². The Labute approximate surface area is 230 Å². The van der Waals surface area contributed by atoms with E-state index in [1.165, 1.54) is 18.9 Å². The Balaban J connectivity index is 1.38. The molecule has 2 saturated heterocycles. The highest BCUT2D eigenvalue weighted by Crippen LogP contribution is 2.36. The number of amides is 4. The second kappa shape index (κ2) is 14.1.